The molecule has 66 valence electrons. The Morgan fingerprint density at radius 2 is 2.25 bits per heavy atom. The van der Waals surface area contributed by atoms with E-state index in [-0.39, 0.29) is 0 Å². The molecule has 0 saturated heterocycles. The summed E-state index contributed by atoms with van der Waals surface area (Å²) < 4.78 is 0. The number of carbonyl (C=O) groups excluding carboxylic acids is 1. The van der Waals surface area contributed by atoms with Crippen LogP contribution in [0.3, 0.4) is 0 Å². The van der Waals surface area contributed by atoms with Crippen LogP contribution in [0.15, 0.2) is 11.6 Å². The predicted octanol–water partition coefficient (Wildman–Crippen LogP) is 2.71. The van der Waals surface area contributed by atoms with Crippen LogP contribution in [0, 0.1) is 11.8 Å². The fourth-order valence-electron chi connectivity index (χ4n) is 2.57. The molecule has 0 radical (unpaired) electrons. The second-order valence-electron chi connectivity index (χ2n) is 4.14. The summed E-state index contributed by atoms with van der Waals surface area (Å²) >= 11 is 0. The van der Waals surface area contributed by atoms with Gasteiger partial charge in [-0.2, -0.15) is 0 Å². The third-order valence-electron chi connectivity index (χ3n) is 3.31. The maximum absolute atomic E-state index is 11.6. The minimum absolute atomic E-state index is 0.432. The second kappa shape index (κ2) is 3.04. The molecule has 1 nitrogen and oxygen atoms in total. The first-order valence-corrected chi connectivity index (χ1v) is 5.02. The zero-order valence-electron chi connectivity index (χ0n) is 7.68. The highest BCUT2D eigenvalue weighted by atomic mass is 16.1. The summed E-state index contributed by atoms with van der Waals surface area (Å²) in [4.78, 5) is 11.6. The fourth-order valence-corrected chi connectivity index (χ4v) is 2.57. The first-order valence-electron chi connectivity index (χ1n) is 5.02. The van der Waals surface area contributed by atoms with E-state index in [1.807, 2.05) is 0 Å². The molecule has 0 N–H and O–H groups in total. The Morgan fingerprint density at radius 1 is 1.42 bits per heavy atom. The van der Waals surface area contributed by atoms with Crippen LogP contribution >= 0.6 is 0 Å². The Labute approximate surface area is 73.8 Å². The molecule has 0 aromatic carbocycles. The number of rotatable bonds is 0. The average molecular weight is 164 g/mol. The van der Waals surface area contributed by atoms with Crippen molar-refractivity contribution in [1.29, 1.82) is 0 Å². The van der Waals surface area contributed by atoms with Crippen molar-refractivity contribution in [1.82, 2.24) is 0 Å². The first-order chi connectivity index (χ1) is 5.79. The van der Waals surface area contributed by atoms with Gasteiger partial charge in [0.1, 0.15) is 0 Å². The summed E-state index contributed by atoms with van der Waals surface area (Å²) in [6, 6.07) is 0. The van der Waals surface area contributed by atoms with E-state index in [1.54, 1.807) is 0 Å². The van der Waals surface area contributed by atoms with Gasteiger partial charge in [-0.05, 0) is 43.1 Å². The van der Waals surface area contributed by atoms with E-state index in [9.17, 15) is 4.79 Å². The largest absolute Gasteiger partial charge is 0.295 e. The zero-order valence-corrected chi connectivity index (χ0v) is 7.68. The molecule has 2 aliphatic carbocycles. The molecule has 0 spiro atoms. The Hall–Kier alpha value is -0.590. The number of hydrogen-bond acceptors (Lipinski definition) is 1. The van der Waals surface area contributed by atoms with Gasteiger partial charge in [-0.1, -0.05) is 13.0 Å². The summed E-state index contributed by atoms with van der Waals surface area (Å²) in [5, 5.41) is 0. The van der Waals surface area contributed by atoms with Gasteiger partial charge in [0, 0.05) is 6.42 Å². The van der Waals surface area contributed by atoms with E-state index in [2.05, 4.69) is 13.0 Å². The van der Waals surface area contributed by atoms with Crippen molar-refractivity contribution in [2.45, 2.75) is 39.0 Å². The molecule has 0 aromatic heterocycles. The normalized spacial score (nSPS) is 35.8. The van der Waals surface area contributed by atoms with Gasteiger partial charge in [-0.25, -0.2) is 0 Å². The molecule has 2 unspecified atom stereocenters. The molecule has 0 heterocycles. The predicted molar refractivity (Wildman–Crippen MR) is 48.8 cm³/mol. The zero-order chi connectivity index (χ0) is 8.55. The van der Waals surface area contributed by atoms with Gasteiger partial charge in [0.2, 0.25) is 0 Å². The van der Waals surface area contributed by atoms with E-state index in [4.69, 9.17) is 0 Å². The van der Waals surface area contributed by atoms with Crippen molar-refractivity contribution in [3.05, 3.63) is 11.6 Å². The number of hydrogen-bond donors (Lipinski definition) is 0. The third-order valence-corrected chi connectivity index (χ3v) is 3.31. The summed E-state index contributed by atoms with van der Waals surface area (Å²) in [5.41, 5.74) is 1.17. The van der Waals surface area contributed by atoms with Crippen molar-refractivity contribution < 1.29 is 4.79 Å². The molecule has 1 saturated carbocycles. The number of ketones is 1. The highest BCUT2D eigenvalue weighted by molar-refractivity contribution is 5.96. The van der Waals surface area contributed by atoms with Gasteiger partial charge >= 0.3 is 0 Å². The summed E-state index contributed by atoms with van der Waals surface area (Å²) in [6.45, 7) is 2.29. The molecule has 0 amide bonds. The van der Waals surface area contributed by atoms with E-state index in [0.717, 1.165) is 25.2 Å². The SMILES string of the molecule is CC1CCCC(=O)C2=CCCC21. The maximum atomic E-state index is 11.6. The van der Waals surface area contributed by atoms with Crippen LogP contribution in [0.4, 0.5) is 0 Å². The lowest BCUT2D eigenvalue weighted by Crippen LogP contribution is -2.12. The van der Waals surface area contributed by atoms with Crippen molar-refractivity contribution in [2.24, 2.45) is 11.8 Å². The van der Waals surface area contributed by atoms with E-state index in [1.165, 1.54) is 18.4 Å². The van der Waals surface area contributed by atoms with Crippen LogP contribution in [-0.4, -0.2) is 5.78 Å². The number of carbonyl (C=O) groups is 1. The molecule has 1 fully saturated rings. The topological polar surface area (TPSA) is 17.1 Å². The number of fused-ring (bicyclic) bond motifs is 1. The van der Waals surface area contributed by atoms with Crippen molar-refractivity contribution in [2.75, 3.05) is 0 Å². The monoisotopic (exact) mass is 164 g/mol. The van der Waals surface area contributed by atoms with Crippen LogP contribution in [0.1, 0.15) is 39.0 Å². The molecule has 2 rings (SSSR count). The van der Waals surface area contributed by atoms with Crippen LogP contribution in [0.5, 0.6) is 0 Å². The lowest BCUT2D eigenvalue weighted by Gasteiger charge is -2.17. The summed E-state index contributed by atoms with van der Waals surface area (Å²) in [5.74, 6) is 1.78. The van der Waals surface area contributed by atoms with Gasteiger partial charge in [-0.3, -0.25) is 4.79 Å². The highest BCUT2D eigenvalue weighted by Crippen LogP contribution is 2.38. The van der Waals surface area contributed by atoms with Crippen LogP contribution in [0.2, 0.25) is 0 Å². The van der Waals surface area contributed by atoms with Crippen molar-refractivity contribution >= 4 is 5.78 Å². The van der Waals surface area contributed by atoms with E-state index >= 15 is 0 Å². The van der Waals surface area contributed by atoms with Crippen molar-refractivity contribution in [3.63, 3.8) is 0 Å². The summed E-state index contributed by atoms with van der Waals surface area (Å²) in [6.07, 6.45) is 7.68. The van der Waals surface area contributed by atoms with Gasteiger partial charge in [0.25, 0.3) is 0 Å². The molecular formula is C11H16O. The standard InChI is InChI=1S/C11H16O/c1-8-4-2-7-11(12)10-6-3-5-9(8)10/h6,8-9H,2-5,7H2,1H3. The van der Waals surface area contributed by atoms with Gasteiger partial charge in [0.05, 0.1) is 0 Å². The number of Topliss-reactive ketones (excluding diaryl/α,β-unsaturated/α-hetero) is 1. The quantitative estimate of drug-likeness (QED) is 0.538. The van der Waals surface area contributed by atoms with E-state index < -0.39 is 0 Å². The van der Waals surface area contributed by atoms with Crippen LogP contribution in [-0.2, 0) is 4.79 Å². The molecule has 2 atom stereocenters. The molecule has 2 aliphatic rings. The Balaban J connectivity index is 2.24. The highest BCUT2D eigenvalue weighted by Gasteiger charge is 2.31. The van der Waals surface area contributed by atoms with Gasteiger partial charge in [-0.15, -0.1) is 0 Å². The summed E-state index contributed by atoms with van der Waals surface area (Å²) in [7, 11) is 0. The average Bonchev–Trinajstić information content (AvgIpc) is 2.47. The van der Waals surface area contributed by atoms with Crippen molar-refractivity contribution in [3.8, 4) is 0 Å². The Morgan fingerprint density at radius 3 is 3.08 bits per heavy atom. The minimum atomic E-state index is 0.432. The maximum Gasteiger partial charge on any atom is 0.158 e. The van der Waals surface area contributed by atoms with Crippen LogP contribution < -0.4 is 0 Å². The van der Waals surface area contributed by atoms with Gasteiger partial charge in [0.15, 0.2) is 5.78 Å². The fraction of sp³-hybridized carbons (Fsp3) is 0.727. The molecule has 0 aromatic rings. The van der Waals surface area contributed by atoms with Crippen LogP contribution in [0.25, 0.3) is 0 Å². The smallest absolute Gasteiger partial charge is 0.158 e. The number of allylic oxidation sites excluding steroid dienone is 2. The Kier molecular flexibility index (Phi) is 2.03. The first kappa shape index (κ1) is 8.03. The molecule has 0 aliphatic heterocycles. The molecule has 0 bridgehead atoms. The molecule has 1 heteroatoms. The lowest BCUT2D eigenvalue weighted by molar-refractivity contribution is -0.115. The second-order valence-corrected chi connectivity index (χ2v) is 4.14. The Bertz CT molecular complexity index is 227. The molecule has 12 heavy (non-hydrogen) atoms. The third kappa shape index (κ3) is 1.21. The molecular weight excluding hydrogens is 148 g/mol. The van der Waals surface area contributed by atoms with Gasteiger partial charge < -0.3 is 0 Å². The lowest BCUT2D eigenvalue weighted by atomic mass is 9.87. The minimum Gasteiger partial charge on any atom is -0.295 e. The van der Waals surface area contributed by atoms with E-state index in [0.29, 0.717) is 11.7 Å².